The minimum atomic E-state index is -4.62. The summed E-state index contributed by atoms with van der Waals surface area (Å²) in [4.78, 5) is -0.393. The molecule has 0 spiro atoms. The Morgan fingerprint density at radius 1 is 0.889 bits per heavy atom. The molecule has 2 aromatic rings. The summed E-state index contributed by atoms with van der Waals surface area (Å²) in [6, 6.07) is 7.44. The van der Waals surface area contributed by atoms with Crippen molar-refractivity contribution in [3.63, 3.8) is 0 Å². The molecule has 0 aliphatic rings. The van der Waals surface area contributed by atoms with Crippen molar-refractivity contribution in [2.24, 2.45) is 0 Å². The second kappa shape index (κ2) is 7.13. The average Bonchev–Trinajstić information content (AvgIpc) is 2.55. The van der Waals surface area contributed by atoms with Gasteiger partial charge in [-0.15, -0.1) is 0 Å². The Bertz CT molecular complexity index is 1050. The van der Waals surface area contributed by atoms with Crippen LogP contribution in [0.4, 0.5) is 18.9 Å². The number of anilines is 1. The molecular formula is C16H17F3N2O4S2. The molecule has 0 unspecified atom stereocenters. The van der Waals surface area contributed by atoms with Crippen LogP contribution >= 0.6 is 0 Å². The van der Waals surface area contributed by atoms with Crippen LogP contribution in [0.2, 0.25) is 0 Å². The molecule has 0 aliphatic carbocycles. The fraction of sp³-hybridized carbons (Fsp3) is 0.250. The molecule has 0 heterocycles. The monoisotopic (exact) mass is 422 g/mol. The molecule has 0 amide bonds. The molecule has 0 aromatic heterocycles. The number of rotatable bonds is 5. The smallest absolute Gasteiger partial charge is 0.280 e. The van der Waals surface area contributed by atoms with Gasteiger partial charge in [0, 0.05) is 19.8 Å². The fourth-order valence-corrected chi connectivity index (χ4v) is 4.16. The highest BCUT2D eigenvalue weighted by molar-refractivity contribution is 7.92. The third-order valence-electron chi connectivity index (χ3n) is 3.71. The SMILES string of the molecule is Cc1ccc(NS(=O)(=O)c2ccc(S(=O)(=O)N(C)C)cc2)cc1C(F)(F)F. The third kappa shape index (κ3) is 4.60. The highest BCUT2D eigenvalue weighted by Crippen LogP contribution is 2.34. The number of nitrogens with one attached hydrogen (secondary N) is 1. The summed E-state index contributed by atoms with van der Waals surface area (Å²) in [6.45, 7) is 1.27. The van der Waals surface area contributed by atoms with Gasteiger partial charge in [-0.2, -0.15) is 13.2 Å². The van der Waals surface area contributed by atoms with Crippen LogP contribution < -0.4 is 4.72 Å². The number of hydrogen-bond acceptors (Lipinski definition) is 4. The standard InChI is InChI=1S/C16H17F3N2O4S2/c1-11-4-5-12(10-15(11)16(17,18)19)20-26(22,23)13-6-8-14(9-7-13)27(24,25)21(2)3/h4-10,20H,1-3H3. The summed E-state index contributed by atoms with van der Waals surface area (Å²) in [5.41, 5.74) is -1.24. The number of hydrogen-bond donors (Lipinski definition) is 1. The molecule has 6 nitrogen and oxygen atoms in total. The van der Waals surface area contributed by atoms with Gasteiger partial charge in [0.2, 0.25) is 10.0 Å². The minimum absolute atomic E-state index is 0.0382. The molecule has 2 rings (SSSR count). The molecule has 0 saturated heterocycles. The first-order valence-corrected chi connectivity index (χ1v) is 10.4. The van der Waals surface area contributed by atoms with Gasteiger partial charge in [0.25, 0.3) is 10.0 Å². The van der Waals surface area contributed by atoms with Gasteiger partial charge in [-0.25, -0.2) is 21.1 Å². The van der Waals surface area contributed by atoms with E-state index in [4.69, 9.17) is 0 Å². The van der Waals surface area contributed by atoms with Crippen LogP contribution in [0.15, 0.2) is 52.3 Å². The van der Waals surface area contributed by atoms with Crippen LogP contribution in [0.25, 0.3) is 0 Å². The number of aryl methyl sites for hydroxylation is 1. The molecular weight excluding hydrogens is 405 g/mol. The third-order valence-corrected chi connectivity index (χ3v) is 6.93. The molecule has 11 heteroatoms. The van der Waals surface area contributed by atoms with E-state index in [1.54, 1.807) is 0 Å². The van der Waals surface area contributed by atoms with Gasteiger partial charge in [-0.3, -0.25) is 4.72 Å². The summed E-state index contributed by atoms with van der Waals surface area (Å²) in [7, 11) is -5.27. The fourth-order valence-electron chi connectivity index (χ4n) is 2.21. The van der Waals surface area contributed by atoms with Crippen LogP contribution in [0, 0.1) is 6.92 Å². The van der Waals surface area contributed by atoms with Gasteiger partial charge in [0.05, 0.1) is 15.4 Å². The van der Waals surface area contributed by atoms with Gasteiger partial charge in [0.15, 0.2) is 0 Å². The first-order chi connectivity index (χ1) is 12.2. The van der Waals surface area contributed by atoms with Gasteiger partial charge >= 0.3 is 6.18 Å². The van der Waals surface area contributed by atoms with Crippen molar-refractivity contribution in [2.75, 3.05) is 18.8 Å². The molecule has 0 radical (unpaired) electrons. The van der Waals surface area contributed by atoms with Crippen LogP contribution in [0.1, 0.15) is 11.1 Å². The van der Waals surface area contributed by atoms with Crippen molar-refractivity contribution in [2.45, 2.75) is 22.9 Å². The Kier molecular flexibility index (Phi) is 5.60. The Balaban J connectivity index is 2.35. The lowest BCUT2D eigenvalue weighted by atomic mass is 10.1. The second-order valence-corrected chi connectivity index (χ2v) is 9.73. The minimum Gasteiger partial charge on any atom is -0.280 e. The van der Waals surface area contributed by atoms with Gasteiger partial charge in [-0.1, -0.05) is 6.07 Å². The highest BCUT2D eigenvalue weighted by Gasteiger charge is 2.32. The predicted octanol–water partition coefficient (Wildman–Crippen LogP) is 3.06. The Hall–Kier alpha value is -2.11. The lowest BCUT2D eigenvalue weighted by Gasteiger charge is -2.14. The van der Waals surface area contributed by atoms with Gasteiger partial charge in [0.1, 0.15) is 0 Å². The van der Waals surface area contributed by atoms with E-state index in [2.05, 4.69) is 4.72 Å². The van der Waals surface area contributed by atoms with Crippen LogP contribution in [0.3, 0.4) is 0 Å². The maximum Gasteiger partial charge on any atom is 0.416 e. The summed E-state index contributed by atoms with van der Waals surface area (Å²) in [5, 5.41) is 0. The maximum atomic E-state index is 13.0. The van der Waals surface area contributed by atoms with E-state index in [0.29, 0.717) is 6.07 Å². The van der Waals surface area contributed by atoms with E-state index in [1.165, 1.54) is 27.1 Å². The highest BCUT2D eigenvalue weighted by atomic mass is 32.2. The zero-order chi connectivity index (χ0) is 20.6. The normalized spacial score (nSPS) is 13.0. The molecule has 0 bridgehead atoms. The number of alkyl halides is 3. The predicted molar refractivity (Wildman–Crippen MR) is 94.3 cm³/mol. The molecule has 148 valence electrons. The van der Waals surface area contributed by atoms with E-state index >= 15 is 0 Å². The van der Waals surface area contributed by atoms with Crippen molar-refractivity contribution < 1.29 is 30.0 Å². The lowest BCUT2D eigenvalue weighted by molar-refractivity contribution is -0.138. The molecule has 0 saturated carbocycles. The van der Waals surface area contributed by atoms with Crippen LogP contribution in [-0.4, -0.2) is 35.2 Å². The topological polar surface area (TPSA) is 83.5 Å². The molecule has 0 fully saturated rings. The molecule has 1 N–H and O–H groups in total. The Morgan fingerprint density at radius 3 is 1.89 bits per heavy atom. The summed E-state index contributed by atoms with van der Waals surface area (Å²) in [6.07, 6.45) is -4.62. The molecule has 0 atom stereocenters. The van der Waals surface area contributed by atoms with Crippen molar-refractivity contribution in [3.8, 4) is 0 Å². The van der Waals surface area contributed by atoms with Crippen LogP contribution in [0.5, 0.6) is 0 Å². The van der Waals surface area contributed by atoms with Crippen molar-refractivity contribution in [1.29, 1.82) is 0 Å². The lowest BCUT2D eigenvalue weighted by Crippen LogP contribution is -2.22. The molecule has 2 aromatic carbocycles. The summed E-state index contributed by atoms with van der Waals surface area (Å²) in [5.74, 6) is 0. The van der Waals surface area contributed by atoms with Crippen molar-refractivity contribution in [1.82, 2.24) is 4.31 Å². The van der Waals surface area contributed by atoms with Crippen LogP contribution in [-0.2, 0) is 26.2 Å². The maximum absolute atomic E-state index is 13.0. The quantitative estimate of drug-likeness (QED) is 0.803. The molecule has 0 aliphatic heterocycles. The first kappa shape index (κ1) is 21.2. The van der Waals surface area contributed by atoms with E-state index in [-0.39, 0.29) is 21.0 Å². The zero-order valence-corrected chi connectivity index (χ0v) is 16.2. The van der Waals surface area contributed by atoms with Crippen molar-refractivity contribution >= 4 is 25.7 Å². The number of benzene rings is 2. The van der Waals surface area contributed by atoms with E-state index in [0.717, 1.165) is 34.6 Å². The average molecular weight is 422 g/mol. The van der Waals surface area contributed by atoms with E-state index < -0.39 is 31.8 Å². The molecule has 27 heavy (non-hydrogen) atoms. The van der Waals surface area contributed by atoms with Crippen molar-refractivity contribution in [3.05, 3.63) is 53.6 Å². The van der Waals surface area contributed by atoms with E-state index in [9.17, 15) is 30.0 Å². The number of halogens is 3. The largest absolute Gasteiger partial charge is 0.416 e. The second-order valence-electron chi connectivity index (χ2n) is 5.89. The first-order valence-electron chi connectivity index (χ1n) is 7.48. The number of nitrogens with zero attached hydrogens (tertiary/aromatic N) is 1. The number of sulfonamides is 2. The summed E-state index contributed by atoms with van der Waals surface area (Å²) < 4.78 is 90.7. The Labute approximate surface area is 155 Å². The van der Waals surface area contributed by atoms with Gasteiger partial charge < -0.3 is 0 Å². The summed E-state index contributed by atoms with van der Waals surface area (Å²) >= 11 is 0. The Morgan fingerprint density at radius 2 is 1.41 bits per heavy atom. The zero-order valence-electron chi connectivity index (χ0n) is 14.6. The van der Waals surface area contributed by atoms with Gasteiger partial charge in [-0.05, 0) is 48.9 Å². The van der Waals surface area contributed by atoms with E-state index in [1.807, 2.05) is 0 Å².